The predicted molar refractivity (Wildman–Crippen MR) is 214 cm³/mol. The van der Waals surface area contributed by atoms with E-state index in [1.165, 1.54) is 86.6 Å². The van der Waals surface area contributed by atoms with Crippen molar-refractivity contribution >= 4 is 11.9 Å². The SMILES string of the molecule is C=C(C[C@]12CC[C@@H](C(=C)C)[C@@H]1[C@H]1CC[C@@H]3[C@@]4(C)CC[C@H](OC(=O)CC(C)(C)C(=O)O)C(C)(C)[C@@H]4CC[C@@]3(C)[C@]1(C)CC2)NC1CCCc2ccccc21. The van der Waals surface area contributed by atoms with Gasteiger partial charge in [0.1, 0.15) is 6.10 Å². The molecule has 0 saturated heterocycles. The van der Waals surface area contributed by atoms with Gasteiger partial charge >= 0.3 is 11.9 Å². The average molecular weight is 726 g/mol. The molecule has 2 N–H and O–H groups in total. The highest BCUT2D eigenvalue weighted by molar-refractivity contribution is 5.81. The molecule has 0 heterocycles. The Bertz CT molecular complexity index is 1640. The fourth-order valence-corrected chi connectivity index (χ4v) is 15.0. The van der Waals surface area contributed by atoms with Gasteiger partial charge in [-0.05, 0) is 173 Å². The molecule has 292 valence electrons. The molecule has 5 heteroatoms. The van der Waals surface area contributed by atoms with Crippen LogP contribution in [0.15, 0.2) is 48.7 Å². The van der Waals surface area contributed by atoms with Crippen LogP contribution in [0.4, 0.5) is 0 Å². The van der Waals surface area contributed by atoms with Gasteiger partial charge in [0.15, 0.2) is 0 Å². The van der Waals surface area contributed by atoms with Gasteiger partial charge < -0.3 is 15.2 Å². The van der Waals surface area contributed by atoms with Crippen LogP contribution in [0.2, 0.25) is 0 Å². The fourth-order valence-electron chi connectivity index (χ4n) is 15.0. The summed E-state index contributed by atoms with van der Waals surface area (Å²) in [4.78, 5) is 24.9. The van der Waals surface area contributed by atoms with E-state index < -0.39 is 11.4 Å². The van der Waals surface area contributed by atoms with Gasteiger partial charge in [-0.25, -0.2) is 0 Å². The number of ether oxygens (including phenoxy) is 1. The molecule has 6 aliphatic rings. The van der Waals surface area contributed by atoms with E-state index in [1.54, 1.807) is 13.8 Å². The number of allylic oxidation sites excluding steroid dienone is 2. The summed E-state index contributed by atoms with van der Waals surface area (Å²) in [6.45, 7) is 27.7. The molecule has 1 aromatic rings. The Hall–Kier alpha value is -2.56. The molecule has 0 bridgehead atoms. The van der Waals surface area contributed by atoms with Gasteiger partial charge in [0.05, 0.1) is 17.9 Å². The lowest BCUT2D eigenvalue weighted by Gasteiger charge is -2.73. The average Bonchev–Trinajstić information content (AvgIpc) is 3.46. The third kappa shape index (κ3) is 6.07. The Kier molecular flexibility index (Phi) is 9.70. The first-order valence-corrected chi connectivity index (χ1v) is 21.4. The maximum Gasteiger partial charge on any atom is 0.309 e. The second-order valence-electron chi connectivity index (χ2n) is 21.3. The van der Waals surface area contributed by atoms with Crippen LogP contribution in [0.3, 0.4) is 0 Å². The monoisotopic (exact) mass is 726 g/mol. The molecular formula is C48H71NO4. The van der Waals surface area contributed by atoms with E-state index in [9.17, 15) is 14.7 Å². The highest BCUT2D eigenvalue weighted by atomic mass is 16.5. The van der Waals surface area contributed by atoms with Crippen molar-refractivity contribution in [3.8, 4) is 0 Å². The molecule has 1 aromatic carbocycles. The number of nitrogens with one attached hydrogen (secondary N) is 1. The molecule has 5 fully saturated rings. The van der Waals surface area contributed by atoms with E-state index in [1.807, 2.05) is 0 Å². The lowest BCUT2D eigenvalue weighted by molar-refractivity contribution is -0.250. The number of hydrogen-bond donors (Lipinski definition) is 2. The van der Waals surface area contributed by atoms with E-state index in [2.05, 4.69) is 77.7 Å². The Labute approximate surface area is 321 Å². The zero-order chi connectivity index (χ0) is 38.4. The van der Waals surface area contributed by atoms with Crippen LogP contribution in [0.5, 0.6) is 0 Å². The molecule has 5 saturated carbocycles. The Morgan fingerprint density at radius 2 is 1.62 bits per heavy atom. The van der Waals surface area contributed by atoms with Gasteiger partial charge in [0.2, 0.25) is 0 Å². The van der Waals surface area contributed by atoms with E-state index >= 15 is 0 Å². The lowest BCUT2D eigenvalue weighted by atomic mass is 9.32. The first-order valence-electron chi connectivity index (χ1n) is 21.4. The summed E-state index contributed by atoms with van der Waals surface area (Å²) in [7, 11) is 0. The fraction of sp³-hybridized carbons (Fsp3) is 0.750. The van der Waals surface area contributed by atoms with Crippen molar-refractivity contribution in [1.82, 2.24) is 5.32 Å². The van der Waals surface area contributed by atoms with E-state index in [-0.39, 0.29) is 45.6 Å². The van der Waals surface area contributed by atoms with Gasteiger partial charge in [-0.2, -0.15) is 0 Å². The predicted octanol–water partition coefficient (Wildman–Crippen LogP) is 11.6. The Balaban J connectivity index is 1.12. The summed E-state index contributed by atoms with van der Waals surface area (Å²) in [6, 6.07) is 9.41. The minimum atomic E-state index is -1.13. The smallest absolute Gasteiger partial charge is 0.309 e. The zero-order valence-electron chi connectivity index (χ0n) is 34.5. The number of hydrogen-bond acceptors (Lipinski definition) is 4. The normalized spacial score (nSPS) is 41.4. The van der Waals surface area contributed by atoms with Crippen LogP contribution < -0.4 is 5.32 Å². The van der Waals surface area contributed by atoms with Crippen LogP contribution in [0.1, 0.15) is 162 Å². The maximum atomic E-state index is 13.1. The van der Waals surface area contributed by atoms with Crippen LogP contribution in [0, 0.1) is 62.1 Å². The molecule has 0 radical (unpaired) electrons. The van der Waals surface area contributed by atoms with Gasteiger partial charge in [-0.15, -0.1) is 0 Å². The van der Waals surface area contributed by atoms with Gasteiger partial charge in [-0.1, -0.05) is 77.6 Å². The maximum absolute atomic E-state index is 13.1. The number of carboxylic acid groups (broad SMARTS) is 1. The molecule has 0 spiro atoms. The zero-order valence-corrected chi connectivity index (χ0v) is 34.5. The van der Waals surface area contributed by atoms with E-state index in [0.717, 1.165) is 25.7 Å². The summed E-state index contributed by atoms with van der Waals surface area (Å²) in [5.74, 6) is 1.70. The number of carboxylic acids is 1. The van der Waals surface area contributed by atoms with Crippen molar-refractivity contribution < 1.29 is 19.4 Å². The molecule has 0 aliphatic heterocycles. The van der Waals surface area contributed by atoms with E-state index in [0.29, 0.717) is 35.6 Å². The second-order valence-corrected chi connectivity index (χ2v) is 21.3. The van der Waals surface area contributed by atoms with Crippen LogP contribution >= 0.6 is 0 Å². The first kappa shape index (κ1) is 38.7. The van der Waals surface area contributed by atoms with Gasteiger partial charge in [0.25, 0.3) is 0 Å². The highest BCUT2D eigenvalue weighted by Crippen LogP contribution is 2.78. The molecule has 5 nitrogen and oxygen atoms in total. The molecule has 53 heavy (non-hydrogen) atoms. The minimum absolute atomic E-state index is 0.0942. The largest absolute Gasteiger partial charge is 0.481 e. The van der Waals surface area contributed by atoms with Crippen LogP contribution in [0.25, 0.3) is 0 Å². The summed E-state index contributed by atoms with van der Waals surface area (Å²) in [5, 5.41) is 13.6. The molecule has 11 atom stereocenters. The quantitative estimate of drug-likeness (QED) is 0.196. The highest BCUT2D eigenvalue weighted by Gasteiger charge is 2.71. The third-order valence-corrected chi connectivity index (χ3v) is 17.9. The number of aryl methyl sites for hydroxylation is 1. The number of carbonyl (C=O) groups is 2. The molecule has 1 unspecified atom stereocenters. The summed E-state index contributed by atoms with van der Waals surface area (Å²) < 4.78 is 6.22. The van der Waals surface area contributed by atoms with Crippen molar-refractivity contribution in [3.63, 3.8) is 0 Å². The summed E-state index contributed by atoms with van der Waals surface area (Å²) in [6.07, 6.45) is 16.5. The van der Waals surface area contributed by atoms with Crippen molar-refractivity contribution in [1.29, 1.82) is 0 Å². The Morgan fingerprint density at radius 3 is 2.34 bits per heavy atom. The van der Waals surface area contributed by atoms with Crippen molar-refractivity contribution in [3.05, 3.63) is 59.8 Å². The molecule has 6 aliphatic carbocycles. The number of fused-ring (bicyclic) bond motifs is 8. The van der Waals surface area contributed by atoms with Gasteiger partial charge in [0, 0.05) is 11.1 Å². The number of benzene rings is 1. The number of esters is 1. The van der Waals surface area contributed by atoms with Crippen LogP contribution in [-0.4, -0.2) is 23.1 Å². The Morgan fingerprint density at radius 1 is 0.887 bits per heavy atom. The molecule has 0 amide bonds. The summed E-state index contributed by atoms with van der Waals surface area (Å²) >= 11 is 0. The van der Waals surface area contributed by atoms with Crippen molar-refractivity contribution in [2.24, 2.45) is 62.1 Å². The number of rotatable bonds is 9. The standard InChI is InChI=1S/C48H71NO4/c1-30(2)33-20-25-48(28-31(3)49-36-17-13-15-32-14-11-12-16-34(32)36)27-26-46(9)35(41(33)48)18-19-38-45(8)23-22-39(53-40(50)29-43(4,5)42(51)52)44(6,7)37(45)21-24-47(38,46)10/h11-12,14,16,33,35-39,41,49H,1,3,13,15,17-29H2,2,4-10H3,(H,51,52)/t33-,35+,36?,37-,38+,39-,41+,45-,46+,47+,48+/m0/s1. The molecule has 7 rings (SSSR count). The van der Waals surface area contributed by atoms with Crippen molar-refractivity contribution in [2.45, 2.75) is 164 Å². The molecule has 0 aromatic heterocycles. The minimum Gasteiger partial charge on any atom is -0.481 e. The third-order valence-electron chi connectivity index (χ3n) is 17.9. The topological polar surface area (TPSA) is 75.6 Å². The number of carbonyl (C=O) groups excluding carboxylic acids is 1. The van der Waals surface area contributed by atoms with Crippen LogP contribution in [-0.2, 0) is 20.7 Å². The second kappa shape index (κ2) is 13.3. The summed E-state index contributed by atoms with van der Waals surface area (Å²) in [5.41, 5.74) is 5.32. The molecular weight excluding hydrogens is 655 g/mol. The number of aliphatic carboxylic acids is 1. The van der Waals surface area contributed by atoms with E-state index in [4.69, 9.17) is 11.3 Å². The van der Waals surface area contributed by atoms with Crippen molar-refractivity contribution in [2.75, 3.05) is 0 Å². The lowest BCUT2D eigenvalue weighted by Crippen LogP contribution is -2.66. The van der Waals surface area contributed by atoms with Gasteiger partial charge in [-0.3, -0.25) is 9.59 Å². The first-order chi connectivity index (χ1) is 24.8.